The lowest BCUT2D eigenvalue weighted by Crippen LogP contribution is -2.36. The van der Waals surface area contributed by atoms with Crippen LogP contribution in [0, 0.1) is 5.92 Å². The molecule has 1 saturated carbocycles. The number of carboxylic acids is 3. The van der Waals surface area contributed by atoms with Gasteiger partial charge < -0.3 is 74.4 Å². The van der Waals surface area contributed by atoms with E-state index in [4.69, 9.17) is 28.4 Å². The Kier molecular flexibility index (Phi) is 46.4. The molecule has 0 radical (unpaired) electrons. The van der Waals surface area contributed by atoms with Crippen molar-refractivity contribution in [2.75, 3.05) is 94.7 Å². The van der Waals surface area contributed by atoms with Crippen molar-refractivity contribution in [3.8, 4) is 34.5 Å². The summed E-state index contributed by atoms with van der Waals surface area (Å²) in [7, 11) is 0. The van der Waals surface area contributed by atoms with Crippen LogP contribution in [-0.4, -0.2) is 190 Å². The Morgan fingerprint density at radius 1 is 0.291 bits per heavy atom. The lowest BCUT2D eigenvalue weighted by Gasteiger charge is -2.25. The van der Waals surface area contributed by atoms with E-state index in [0.29, 0.717) is 147 Å². The summed E-state index contributed by atoms with van der Waals surface area (Å²) in [4.78, 5) is 158. The highest BCUT2D eigenvalue weighted by Crippen LogP contribution is 2.30. The lowest BCUT2D eigenvalue weighted by atomic mass is 9.87. The van der Waals surface area contributed by atoms with E-state index in [1.807, 2.05) is 0 Å². The number of carboxylic acid groups (broad SMARTS) is 3. The summed E-state index contributed by atoms with van der Waals surface area (Å²) in [6.45, 7) is 11.4. The highest BCUT2D eigenvalue weighted by Gasteiger charge is 2.27. The molecule has 1 aliphatic carbocycles. The number of aliphatic carboxylic acids is 3. The van der Waals surface area contributed by atoms with Gasteiger partial charge in [-0.15, -0.1) is 0 Å². The summed E-state index contributed by atoms with van der Waals surface area (Å²) in [6, 6.07) is 59.6. The number of benzene rings is 9. The molecule has 9 aromatic rings. The van der Waals surface area contributed by atoms with E-state index in [9.17, 15) is 72.9 Å². The summed E-state index contributed by atoms with van der Waals surface area (Å²) in [5, 5.41) is 37.1. The number of nitrogens with zero attached hydrogens (tertiary/aromatic N) is 5. The summed E-state index contributed by atoms with van der Waals surface area (Å²) >= 11 is 0. The lowest BCUT2D eigenvalue weighted by molar-refractivity contribution is -0.138. The molecule has 0 spiro atoms. The Morgan fingerprint density at radius 3 is 0.809 bits per heavy atom. The zero-order valence-electron chi connectivity index (χ0n) is 81.5. The van der Waals surface area contributed by atoms with Crippen molar-refractivity contribution in [1.29, 1.82) is 0 Å². The molecule has 6 N–H and O–H groups in total. The van der Waals surface area contributed by atoms with Crippen LogP contribution >= 0.6 is 0 Å². The van der Waals surface area contributed by atoms with Gasteiger partial charge in [0.2, 0.25) is 17.7 Å². The highest BCUT2D eigenvalue weighted by atomic mass is 16.5. The topological polar surface area (TPSA) is 373 Å². The molecule has 2 saturated heterocycles. The third kappa shape index (κ3) is 40.0. The van der Waals surface area contributed by atoms with Gasteiger partial charge in [0.1, 0.15) is 54.1 Å². The number of amides is 6. The molecule has 0 aromatic heterocycles. The van der Waals surface area contributed by atoms with E-state index in [2.05, 4.69) is 46.5 Å². The quantitative estimate of drug-likeness (QED) is 0.0117. The number of piperidine rings is 2. The number of rotatable bonds is 51. The molecule has 750 valence electrons. The monoisotopic (exact) mass is 1930 g/mol. The molecular formula is C112H136N8O21. The summed E-state index contributed by atoms with van der Waals surface area (Å²) in [6.07, 6.45) is 30.4. The third-order valence-electron chi connectivity index (χ3n) is 24.3. The van der Waals surface area contributed by atoms with Gasteiger partial charge in [0.05, 0.1) is 49.6 Å². The van der Waals surface area contributed by atoms with Gasteiger partial charge in [0, 0.05) is 59.8 Å². The normalized spacial score (nSPS) is 13.0. The number of likely N-dealkylation sites (tertiary alicyclic amines) is 2. The number of anilines is 3. The van der Waals surface area contributed by atoms with E-state index in [-0.39, 0.29) is 37.4 Å². The standard InChI is InChI=1S/C38H46N2O7.2C37H45N3O7/c1-2-3-4-5-9-24-46-33-22-16-31(17-23-33)38(45)47-34-20-12-29(13-21-34)26-40(27-36(42)43)37(44)30-14-18-32(19-15-30)39-35(41)25-28-10-7-6-8-11-28;2*1-2-3-4-5-9-24-46-32-20-14-30(15-21-32)37(45)47-33-18-10-28(11-19-33)25-40(27-35(42)43)36(44)29-12-16-31(17-13-29)38-34(41)26-39-22-7-6-8-23-39/h12-23,28H,2-11,24-27H2,1H3,(H,39,41)(H,42,43);2*10-21H,2-9,22-27H2,1H3,(H,38,41)(H,42,43). The van der Waals surface area contributed by atoms with Crippen molar-refractivity contribution in [2.24, 2.45) is 5.92 Å². The zero-order valence-corrected chi connectivity index (χ0v) is 81.5. The smallest absolute Gasteiger partial charge is 0.343 e. The molecule has 2 heterocycles. The number of nitrogens with one attached hydrogen (secondary N) is 3. The largest absolute Gasteiger partial charge is 0.494 e. The van der Waals surface area contributed by atoms with E-state index < -0.39 is 73.2 Å². The van der Waals surface area contributed by atoms with Gasteiger partial charge >= 0.3 is 35.8 Å². The Labute approximate surface area is 826 Å². The van der Waals surface area contributed by atoms with E-state index in [1.54, 1.807) is 218 Å². The molecule has 0 unspecified atom stereocenters. The fraction of sp³-hybridized carbons (Fsp3) is 0.411. The number of carbonyl (C=O) groups excluding carboxylic acids is 9. The highest BCUT2D eigenvalue weighted by molar-refractivity contribution is 6.00. The van der Waals surface area contributed by atoms with Crippen LogP contribution in [0.25, 0.3) is 0 Å². The second-order valence-electron chi connectivity index (χ2n) is 35.9. The summed E-state index contributed by atoms with van der Waals surface area (Å²) in [5.74, 6) is -3.12. The maximum absolute atomic E-state index is 13.3. The van der Waals surface area contributed by atoms with Crippen LogP contribution in [0.15, 0.2) is 218 Å². The Morgan fingerprint density at radius 2 is 0.539 bits per heavy atom. The van der Waals surface area contributed by atoms with Gasteiger partial charge in [0.15, 0.2) is 0 Å². The number of carbonyl (C=O) groups is 12. The first-order valence-corrected chi connectivity index (χ1v) is 49.7. The van der Waals surface area contributed by atoms with Crippen molar-refractivity contribution in [1.82, 2.24) is 24.5 Å². The number of unbranched alkanes of at least 4 members (excludes halogenated alkanes) is 12. The molecule has 9 aromatic carbocycles. The molecule has 29 heteroatoms. The fourth-order valence-corrected chi connectivity index (χ4v) is 16.5. The summed E-state index contributed by atoms with van der Waals surface area (Å²) in [5.41, 5.74) is 5.79. The molecule has 0 atom stereocenters. The second kappa shape index (κ2) is 60.0. The van der Waals surface area contributed by atoms with Crippen molar-refractivity contribution in [2.45, 2.75) is 214 Å². The van der Waals surface area contributed by atoms with E-state index in [0.717, 1.165) is 103 Å². The Bertz CT molecular complexity index is 4880. The molecular weight excluding hydrogens is 1790 g/mol. The van der Waals surface area contributed by atoms with Crippen molar-refractivity contribution in [3.05, 3.63) is 268 Å². The minimum Gasteiger partial charge on any atom is -0.494 e. The predicted octanol–water partition coefficient (Wildman–Crippen LogP) is 20.7. The Balaban J connectivity index is 0.000000218. The maximum atomic E-state index is 13.3. The van der Waals surface area contributed by atoms with Crippen LogP contribution in [0.5, 0.6) is 34.5 Å². The average Bonchev–Trinajstić information content (AvgIpc) is 0.839. The SMILES string of the molecule is CCCCCCCOc1ccc(C(=O)Oc2ccc(CN(CC(=O)O)C(=O)c3ccc(NC(=O)CC4CCCCC4)cc3)cc2)cc1.CCCCCCCOc1ccc(C(=O)Oc2ccc(CN(CC(=O)O)C(=O)c3ccc(NC(=O)CN4CCCCC4)cc3)cc2)cc1.CCCCCCCOc1ccc(C(=O)Oc2ccc(CN(CC(=O)O)C(=O)c3ccc(NC(=O)CN4CCCCC4)cc3)cc2)cc1. The third-order valence-corrected chi connectivity index (χ3v) is 24.3. The predicted molar refractivity (Wildman–Crippen MR) is 540 cm³/mol. The van der Waals surface area contributed by atoms with Crippen molar-refractivity contribution < 1.29 is 101 Å². The fourth-order valence-electron chi connectivity index (χ4n) is 16.5. The van der Waals surface area contributed by atoms with Crippen molar-refractivity contribution in [3.63, 3.8) is 0 Å². The molecule has 3 fully saturated rings. The van der Waals surface area contributed by atoms with Gasteiger partial charge in [-0.2, -0.15) is 0 Å². The van der Waals surface area contributed by atoms with Gasteiger partial charge in [-0.1, -0.05) is 166 Å². The Hall–Kier alpha value is -14.1. The number of esters is 3. The molecule has 6 amide bonds. The van der Waals surface area contributed by atoms with Gasteiger partial charge in [-0.25, -0.2) is 14.4 Å². The van der Waals surface area contributed by atoms with Crippen LogP contribution < -0.4 is 44.4 Å². The van der Waals surface area contributed by atoms with Gasteiger partial charge in [-0.05, 0) is 289 Å². The van der Waals surface area contributed by atoms with Gasteiger partial charge in [0.25, 0.3) is 17.7 Å². The minimum atomic E-state index is -1.14. The maximum Gasteiger partial charge on any atom is 0.343 e. The second-order valence-corrected chi connectivity index (χ2v) is 35.9. The number of ether oxygens (including phenoxy) is 6. The first-order chi connectivity index (χ1) is 68.4. The van der Waals surface area contributed by atoms with Crippen LogP contribution in [0.1, 0.15) is 273 Å². The van der Waals surface area contributed by atoms with Crippen LogP contribution in [0.2, 0.25) is 0 Å². The molecule has 3 aliphatic rings. The van der Waals surface area contributed by atoms with E-state index in [1.165, 1.54) is 105 Å². The molecule has 29 nitrogen and oxygen atoms in total. The van der Waals surface area contributed by atoms with Crippen molar-refractivity contribution >= 4 is 88.3 Å². The number of hydrogen-bond acceptors (Lipinski definition) is 20. The average molecular weight is 1930 g/mol. The minimum absolute atomic E-state index is 0.0355. The molecule has 2 aliphatic heterocycles. The molecule has 141 heavy (non-hydrogen) atoms. The molecule has 12 rings (SSSR count). The van der Waals surface area contributed by atoms with Gasteiger partial charge in [-0.3, -0.25) is 53.0 Å². The first kappa shape index (κ1) is 109. The van der Waals surface area contributed by atoms with Crippen LogP contribution in [0.4, 0.5) is 17.1 Å². The van der Waals surface area contributed by atoms with Crippen LogP contribution in [-0.2, 0) is 48.4 Å². The number of hydrogen-bond donors (Lipinski definition) is 6. The summed E-state index contributed by atoms with van der Waals surface area (Å²) < 4.78 is 33.8. The first-order valence-electron chi connectivity index (χ1n) is 49.7. The zero-order chi connectivity index (χ0) is 100. The van der Waals surface area contributed by atoms with E-state index >= 15 is 0 Å². The van der Waals surface area contributed by atoms with Crippen LogP contribution in [0.3, 0.4) is 0 Å². The molecule has 0 bridgehead atoms.